The van der Waals surface area contributed by atoms with Gasteiger partial charge in [0, 0.05) is 26.3 Å². The van der Waals surface area contributed by atoms with Gasteiger partial charge in [0.05, 0.1) is 6.10 Å². The molecule has 17 heavy (non-hydrogen) atoms. The van der Waals surface area contributed by atoms with Gasteiger partial charge in [0.15, 0.2) is 0 Å². The third-order valence-corrected chi connectivity index (χ3v) is 2.91. The molecule has 0 spiro atoms. The quantitative estimate of drug-likeness (QED) is 0.711. The summed E-state index contributed by atoms with van der Waals surface area (Å²) in [7, 11) is 4.08. The molecule has 0 aliphatic rings. The Balaban J connectivity index is 2.28. The van der Waals surface area contributed by atoms with Gasteiger partial charge in [0.2, 0.25) is 0 Å². The van der Waals surface area contributed by atoms with E-state index in [9.17, 15) is 5.11 Å². The van der Waals surface area contributed by atoms with Gasteiger partial charge in [0.1, 0.15) is 0 Å². The van der Waals surface area contributed by atoms with Gasteiger partial charge in [-0.25, -0.2) is 0 Å². The van der Waals surface area contributed by atoms with Crippen LogP contribution in [-0.4, -0.2) is 31.9 Å². The zero-order valence-corrected chi connectivity index (χ0v) is 11.1. The Labute approximate surface area is 104 Å². The zero-order chi connectivity index (χ0) is 12.7. The molecule has 1 rings (SSSR count). The summed E-state index contributed by atoms with van der Waals surface area (Å²) >= 11 is 0. The highest BCUT2D eigenvalue weighted by Crippen LogP contribution is 2.11. The van der Waals surface area contributed by atoms with Crippen molar-refractivity contribution in [3.63, 3.8) is 0 Å². The van der Waals surface area contributed by atoms with Gasteiger partial charge < -0.3 is 15.3 Å². The van der Waals surface area contributed by atoms with Crippen LogP contribution in [0.4, 0.5) is 5.69 Å². The number of hydrogen-bond donors (Lipinski definition) is 2. The van der Waals surface area contributed by atoms with Gasteiger partial charge in [-0.15, -0.1) is 0 Å². The van der Waals surface area contributed by atoms with Crippen molar-refractivity contribution in [1.29, 1.82) is 0 Å². The molecule has 1 atom stereocenters. The molecule has 1 aromatic carbocycles. The molecule has 0 aromatic heterocycles. The molecule has 96 valence electrons. The molecule has 0 bridgehead atoms. The van der Waals surface area contributed by atoms with Crippen molar-refractivity contribution >= 4 is 5.69 Å². The first-order valence-electron chi connectivity index (χ1n) is 6.28. The average molecular weight is 236 g/mol. The zero-order valence-electron chi connectivity index (χ0n) is 11.1. The first kappa shape index (κ1) is 14.0. The molecule has 0 radical (unpaired) electrons. The fourth-order valence-electron chi connectivity index (χ4n) is 1.62. The Hall–Kier alpha value is -1.06. The van der Waals surface area contributed by atoms with E-state index in [1.807, 2.05) is 21.0 Å². The second-order valence-corrected chi connectivity index (χ2v) is 4.59. The fraction of sp³-hybridized carbons (Fsp3) is 0.571. The minimum absolute atomic E-state index is 0.168. The molecule has 3 heteroatoms. The topological polar surface area (TPSA) is 35.5 Å². The molecule has 1 unspecified atom stereocenters. The molecule has 2 N–H and O–H groups in total. The summed E-state index contributed by atoms with van der Waals surface area (Å²) < 4.78 is 0. The molecule has 0 amide bonds. The van der Waals surface area contributed by atoms with Gasteiger partial charge >= 0.3 is 0 Å². The normalized spacial score (nSPS) is 12.5. The van der Waals surface area contributed by atoms with E-state index in [-0.39, 0.29) is 6.10 Å². The summed E-state index contributed by atoms with van der Waals surface area (Å²) in [5, 5.41) is 12.7. The van der Waals surface area contributed by atoms with Crippen LogP contribution in [0.1, 0.15) is 25.3 Å². The number of anilines is 1. The summed E-state index contributed by atoms with van der Waals surface area (Å²) in [6.07, 6.45) is 1.49. The van der Waals surface area contributed by atoms with Crippen LogP contribution in [-0.2, 0) is 6.54 Å². The minimum atomic E-state index is -0.168. The summed E-state index contributed by atoms with van der Waals surface area (Å²) in [6, 6.07) is 8.52. The molecular formula is C14H24N2O. The SMILES string of the molecule is CCC(O)CCNCc1ccc(N(C)C)cc1. The van der Waals surface area contributed by atoms with E-state index < -0.39 is 0 Å². The molecule has 0 heterocycles. The standard InChI is InChI=1S/C14H24N2O/c1-4-14(17)9-10-15-11-12-5-7-13(8-6-12)16(2)3/h5-8,14-15,17H,4,9-11H2,1-3H3. The lowest BCUT2D eigenvalue weighted by Crippen LogP contribution is -2.19. The Morgan fingerprint density at radius 1 is 1.24 bits per heavy atom. The summed E-state index contributed by atoms with van der Waals surface area (Å²) in [4.78, 5) is 2.09. The van der Waals surface area contributed by atoms with Crippen molar-refractivity contribution < 1.29 is 5.11 Å². The van der Waals surface area contributed by atoms with Crippen LogP contribution in [0.2, 0.25) is 0 Å². The highest BCUT2D eigenvalue weighted by Gasteiger charge is 2.00. The average Bonchev–Trinajstić information content (AvgIpc) is 2.34. The smallest absolute Gasteiger partial charge is 0.0549 e. The van der Waals surface area contributed by atoms with Crippen LogP contribution < -0.4 is 10.2 Å². The van der Waals surface area contributed by atoms with Crippen LogP contribution in [0, 0.1) is 0 Å². The predicted octanol–water partition coefficient (Wildman–Crippen LogP) is 2.00. The van der Waals surface area contributed by atoms with E-state index in [4.69, 9.17) is 0 Å². The van der Waals surface area contributed by atoms with Gasteiger partial charge in [-0.3, -0.25) is 0 Å². The van der Waals surface area contributed by atoms with Crippen molar-refractivity contribution in [2.75, 3.05) is 25.5 Å². The molecule has 0 fully saturated rings. The van der Waals surface area contributed by atoms with Crippen molar-refractivity contribution in [3.8, 4) is 0 Å². The maximum Gasteiger partial charge on any atom is 0.0549 e. The monoisotopic (exact) mass is 236 g/mol. The Kier molecular flexibility index (Phi) is 6.01. The molecule has 1 aromatic rings. The lowest BCUT2D eigenvalue weighted by Gasteiger charge is -2.13. The van der Waals surface area contributed by atoms with Crippen molar-refractivity contribution in [2.45, 2.75) is 32.4 Å². The molecule has 0 aliphatic heterocycles. The number of aliphatic hydroxyl groups excluding tert-OH is 1. The maximum atomic E-state index is 9.41. The molecule has 0 saturated heterocycles. The minimum Gasteiger partial charge on any atom is -0.393 e. The van der Waals surface area contributed by atoms with Gasteiger partial charge in [-0.2, -0.15) is 0 Å². The molecular weight excluding hydrogens is 212 g/mol. The van der Waals surface area contributed by atoms with Gasteiger partial charge in [0.25, 0.3) is 0 Å². The van der Waals surface area contributed by atoms with E-state index in [1.54, 1.807) is 0 Å². The van der Waals surface area contributed by atoms with Crippen molar-refractivity contribution in [1.82, 2.24) is 5.32 Å². The second-order valence-electron chi connectivity index (χ2n) is 4.59. The maximum absolute atomic E-state index is 9.41. The predicted molar refractivity (Wildman–Crippen MR) is 73.4 cm³/mol. The van der Waals surface area contributed by atoms with Crippen LogP contribution in [0.25, 0.3) is 0 Å². The number of nitrogens with one attached hydrogen (secondary N) is 1. The molecule has 0 aliphatic carbocycles. The third kappa shape index (κ3) is 5.20. The van der Waals surface area contributed by atoms with Crippen LogP contribution in [0.3, 0.4) is 0 Å². The summed E-state index contributed by atoms with van der Waals surface area (Å²) in [5.74, 6) is 0. The molecule has 3 nitrogen and oxygen atoms in total. The largest absolute Gasteiger partial charge is 0.393 e. The number of rotatable bonds is 7. The fourth-order valence-corrected chi connectivity index (χ4v) is 1.62. The lowest BCUT2D eigenvalue weighted by atomic mass is 10.2. The number of benzene rings is 1. The summed E-state index contributed by atoms with van der Waals surface area (Å²) in [6.45, 7) is 3.74. The third-order valence-electron chi connectivity index (χ3n) is 2.91. The summed E-state index contributed by atoms with van der Waals surface area (Å²) in [5.41, 5.74) is 2.50. The van der Waals surface area contributed by atoms with Crippen LogP contribution in [0.5, 0.6) is 0 Å². The number of aliphatic hydroxyl groups is 1. The van der Waals surface area contributed by atoms with Crippen LogP contribution >= 0.6 is 0 Å². The van der Waals surface area contributed by atoms with E-state index in [1.165, 1.54) is 11.3 Å². The molecule has 0 saturated carbocycles. The number of nitrogens with zero attached hydrogens (tertiary/aromatic N) is 1. The highest BCUT2D eigenvalue weighted by molar-refractivity contribution is 5.45. The Morgan fingerprint density at radius 3 is 2.41 bits per heavy atom. The number of hydrogen-bond acceptors (Lipinski definition) is 3. The first-order chi connectivity index (χ1) is 8.13. The first-order valence-corrected chi connectivity index (χ1v) is 6.28. The Morgan fingerprint density at radius 2 is 1.88 bits per heavy atom. The van der Waals surface area contributed by atoms with Gasteiger partial charge in [-0.1, -0.05) is 19.1 Å². The van der Waals surface area contributed by atoms with Crippen LogP contribution in [0.15, 0.2) is 24.3 Å². The second kappa shape index (κ2) is 7.30. The lowest BCUT2D eigenvalue weighted by molar-refractivity contribution is 0.159. The van der Waals surface area contributed by atoms with Crippen molar-refractivity contribution in [3.05, 3.63) is 29.8 Å². The van der Waals surface area contributed by atoms with Gasteiger partial charge in [-0.05, 0) is 37.1 Å². The van der Waals surface area contributed by atoms with E-state index >= 15 is 0 Å². The van der Waals surface area contributed by atoms with E-state index in [0.29, 0.717) is 0 Å². The van der Waals surface area contributed by atoms with E-state index in [2.05, 4.69) is 34.5 Å². The van der Waals surface area contributed by atoms with Crippen molar-refractivity contribution in [2.24, 2.45) is 0 Å². The highest BCUT2D eigenvalue weighted by atomic mass is 16.3. The van der Waals surface area contributed by atoms with E-state index in [0.717, 1.165) is 25.9 Å². The Bertz CT molecular complexity index is 309.